The molecule has 1 N–H and O–H groups in total. The quantitative estimate of drug-likeness (QED) is 0.0482. The summed E-state index contributed by atoms with van der Waals surface area (Å²) >= 11 is 0. The smallest absolute Gasteiger partial charge is 0.306 e. The fraction of sp³-hybridized carbons (Fsp3) is 0.561. The molecular formula is C41H64O5. The number of allylic oxidation sites excluding steroid dienone is 16. The van der Waals surface area contributed by atoms with Gasteiger partial charge >= 0.3 is 11.9 Å². The van der Waals surface area contributed by atoms with E-state index in [1.807, 2.05) is 0 Å². The van der Waals surface area contributed by atoms with E-state index in [-0.39, 0.29) is 31.6 Å². The Morgan fingerprint density at radius 3 is 1.37 bits per heavy atom. The van der Waals surface area contributed by atoms with E-state index in [0.29, 0.717) is 12.8 Å². The van der Waals surface area contributed by atoms with Crippen molar-refractivity contribution in [2.24, 2.45) is 0 Å². The minimum atomic E-state index is -0.813. The summed E-state index contributed by atoms with van der Waals surface area (Å²) in [6.07, 6.45) is 50.3. The minimum absolute atomic E-state index is 0.104. The third kappa shape index (κ3) is 33.7. The van der Waals surface area contributed by atoms with Gasteiger partial charge in [0.1, 0.15) is 6.61 Å². The highest BCUT2D eigenvalue weighted by atomic mass is 16.6. The highest BCUT2D eigenvalue weighted by Gasteiger charge is 2.15. The largest absolute Gasteiger partial charge is 0.462 e. The molecule has 0 unspecified atom stereocenters. The van der Waals surface area contributed by atoms with Crippen molar-refractivity contribution in [2.45, 2.75) is 136 Å². The number of carbonyl (C=O) groups is 2. The van der Waals surface area contributed by atoms with Crippen molar-refractivity contribution in [1.82, 2.24) is 0 Å². The van der Waals surface area contributed by atoms with Crippen LogP contribution in [0, 0.1) is 0 Å². The van der Waals surface area contributed by atoms with Crippen molar-refractivity contribution in [3.63, 3.8) is 0 Å². The maximum Gasteiger partial charge on any atom is 0.306 e. The van der Waals surface area contributed by atoms with Crippen LogP contribution in [0.2, 0.25) is 0 Å². The van der Waals surface area contributed by atoms with E-state index < -0.39 is 6.10 Å². The van der Waals surface area contributed by atoms with Crippen LogP contribution < -0.4 is 0 Å². The van der Waals surface area contributed by atoms with Gasteiger partial charge in [-0.1, -0.05) is 130 Å². The van der Waals surface area contributed by atoms with Gasteiger partial charge in [0.2, 0.25) is 0 Å². The van der Waals surface area contributed by atoms with Gasteiger partial charge in [-0.05, 0) is 83.5 Å². The van der Waals surface area contributed by atoms with Gasteiger partial charge < -0.3 is 14.6 Å². The van der Waals surface area contributed by atoms with Gasteiger partial charge in [0.15, 0.2) is 6.10 Å². The van der Waals surface area contributed by atoms with Crippen molar-refractivity contribution < 1.29 is 24.2 Å². The SMILES string of the molecule is CCC=CCC=CCC=CCC=CCC=CCCCC(=O)O[C@@H](CO)COC(=O)CCCCCCCC=CCC=CCC=CCC. The van der Waals surface area contributed by atoms with Crippen LogP contribution in [-0.2, 0) is 19.1 Å². The van der Waals surface area contributed by atoms with E-state index in [2.05, 4.69) is 111 Å². The van der Waals surface area contributed by atoms with Gasteiger partial charge in [-0.3, -0.25) is 9.59 Å². The van der Waals surface area contributed by atoms with Crippen molar-refractivity contribution in [2.75, 3.05) is 13.2 Å². The zero-order valence-electron chi connectivity index (χ0n) is 29.0. The van der Waals surface area contributed by atoms with Gasteiger partial charge in [-0.2, -0.15) is 0 Å². The van der Waals surface area contributed by atoms with Crippen LogP contribution in [-0.4, -0.2) is 36.4 Å². The average molecular weight is 637 g/mol. The number of hydrogen-bond acceptors (Lipinski definition) is 5. The first kappa shape index (κ1) is 42.8. The van der Waals surface area contributed by atoms with Crippen LogP contribution >= 0.6 is 0 Å². The molecule has 5 heteroatoms. The Kier molecular flexibility index (Phi) is 33.8. The number of aliphatic hydroxyl groups is 1. The Balaban J connectivity index is 3.76. The number of ether oxygens (including phenoxy) is 2. The third-order valence-corrected chi connectivity index (χ3v) is 6.87. The molecule has 0 bridgehead atoms. The Labute approximate surface area is 281 Å². The summed E-state index contributed by atoms with van der Waals surface area (Å²) in [7, 11) is 0. The summed E-state index contributed by atoms with van der Waals surface area (Å²) in [6, 6.07) is 0. The zero-order chi connectivity index (χ0) is 33.6. The summed E-state index contributed by atoms with van der Waals surface area (Å²) in [6.45, 7) is 3.82. The predicted molar refractivity (Wildman–Crippen MR) is 195 cm³/mol. The molecule has 0 saturated heterocycles. The zero-order valence-corrected chi connectivity index (χ0v) is 29.0. The van der Waals surface area contributed by atoms with Gasteiger partial charge in [-0.25, -0.2) is 0 Å². The average Bonchev–Trinajstić information content (AvgIpc) is 3.06. The molecule has 0 aromatic heterocycles. The molecule has 0 aliphatic carbocycles. The lowest BCUT2D eigenvalue weighted by atomic mass is 10.1. The van der Waals surface area contributed by atoms with Crippen LogP contribution in [0.3, 0.4) is 0 Å². The Bertz CT molecular complexity index is 948. The summed E-state index contributed by atoms with van der Waals surface area (Å²) in [5.74, 6) is -0.692. The molecule has 5 nitrogen and oxygen atoms in total. The van der Waals surface area contributed by atoms with Crippen molar-refractivity contribution in [3.05, 3.63) is 97.2 Å². The van der Waals surface area contributed by atoms with E-state index >= 15 is 0 Å². The molecule has 1 atom stereocenters. The van der Waals surface area contributed by atoms with Gasteiger partial charge in [0, 0.05) is 12.8 Å². The summed E-state index contributed by atoms with van der Waals surface area (Å²) in [4.78, 5) is 24.2. The van der Waals surface area contributed by atoms with Crippen LogP contribution in [0.4, 0.5) is 0 Å². The number of aliphatic hydroxyl groups excluding tert-OH is 1. The molecule has 0 radical (unpaired) electrons. The predicted octanol–water partition coefficient (Wildman–Crippen LogP) is 10.9. The van der Waals surface area contributed by atoms with Gasteiger partial charge in [0.05, 0.1) is 6.61 Å². The fourth-order valence-electron chi connectivity index (χ4n) is 4.25. The Morgan fingerprint density at radius 1 is 0.500 bits per heavy atom. The number of unbranched alkanes of at least 4 members (excludes halogenated alkanes) is 6. The minimum Gasteiger partial charge on any atom is -0.462 e. The van der Waals surface area contributed by atoms with Crippen LogP contribution in [0.5, 0.6) is 0 Å². The van der Waals surface area contributed by atoms with Crippen LogP contribution in [0.15, 0.2) is 97.2 Å². The fourth-order valence-corrected chi connectivity index (χ4v) is 4.25. The molecule has 46 heavy (non-hydrogen) atoms. The molecule has 0 fully saturated rings. The van der Waals surface area contributed by atoms with Crippen LogP contribution in [0.1, 0.15) is 129 Å². The molecule has 0 aromatic rings. The molecule has 0 heterocycles. The molecule has 0 aromatic carbocycles. The number of hydrogen-bond donors (Lipinski definition) is 1. The monoisotopic (exact) mass is 636 g/mol. The van der Waals surface area contributed by atoms with E-state index in [9.17, 15) is 14.7 Å². The second-order valence-corrected chi connectivity index (χ2v) is 11.2. The second-order valence-electron chi connectivity index (χ2n) is 11.2. The van der Waals surface area contributed by atoms with E-state index in [0.717, 1.165) is 96.3 Å². The van der Waals surface area contributed by atoms with Gasteiger partial charge in [0.25, 0.3) is 0 Å². The standard InChI is InChI=1S/C41H64O5/c1-3-5-7-9-11-13-15-17-19-20-22-24-26-28-30-32-34-36-41(44)46-39(37-42)38-45-40(43)35-33-31-29-27-25-23-21-18-16-14-12-10-8-6-4-2/h5-8,11-14,17-19,21-22,24,28,30,39,42H,3-4,9-10,15-16,20,23,25-27,29,31-38H2,1-2H3/t39-/m0/s1. The first-order valence-corrected chi connectivity index (χ1v) is 17.8. The van der Waals surface area contributed by atoms with Crippen molar-refractivity contribution >= 4 is 11.9 Å². The molecule has 258 valence electrons. The normalized spacial score (nSPS) is 13.4. The lowest BCUT2D eigenvalue weighted by Gasteiger charge is -2.15. The maximum absolute atomic E-state index is 12.1. The highest BCUT2D eigenvalue weighted by molar-refractivity contribution is 5.70. The first-order chi connectivity index (χ1) is 22.6. The molecule has 0 spiro atoms. The highest BCUT2D eigenvalue weighted by Crippen LogP contribution is 2.09. The molecule has 0 aliphatic heterocycles. The maximum atomic E-state index is 12.1. The summed E-state index contributed by atoms with van der Waals surface area (Å²) in [5, 5.41) is 9.52. The molecule has 0 aliphatic rings. The number of carbonyl (C=O) groups excluding carboxylic acids is 2. The van der Waals surface area contributed by atoms with E-state index in [4.69, 9.17) is 9.47 Å². The molecule has 0 rings (SSSR count). The van der Waals surface area contributed by atoms with Gasteiger partial charge in [-0.15, -0.1) is 0 Å². The number of esters is 2. The molecular weight excluding hydrogens is 572 g/mol. The second kappa shape index (κ2) is 36.3. The van der Waals surface area contributed by atoms with Crippen molar-refractivity contribution in [3.8, 4) is 0 Å². The Hall–Kier alpha value is -3.18. The Morgan fingerprint density at radius 2 is 0.891 bits per heavy atom. The summed E-state index contributed by atoms with van der Waals surface area (Å²) in [5.41, 5.74) is 0. The lowest BCUT2D eigenvalue weighted by molar-refractivity contribution is -0.161. The number of rotatable bonds is 30. The third-order valence-electron chi connectivity index (χ3n) is 6.87. The topological polar surface area (TPSA) is 72.8 Å². The molecule has 0 saturated carbocycles. The van der Waals surface area contributed by atoms with Crippen LogP contribution in [0.25, 0.3) is 0 Å². The first-order valence-electron chi connectivity index (χ1n) is 17.8. The lowest BCUT2D eigenvalue weighted by Crippen LogP contribution is -2.28. The van der Waals surface area contributed by atoms with E-state index in [1.165, 1.54) is 0 Å². The molecule has 0 amide bonds. The van der Waals surface area contributed by atoms with Crippen molar-refractivity contribution in [1.29, 1.82) is 0 Å². The summed E-state index contributed by atoms with van der Waals surface area (Å²) < 4.78 is 10.5. The van der Waals surface area contributed by atoms with E-state index in [1.54, 1.807) is 0 Å².